The molecule has 1 aromatic carbocycles. The number of nitrogens with zero attached hydrogens (tertiary/aromatic N) is 3. The number of aliphatic hydroxyl groups excluding tert-OH is 2. The zero-order valence-corrected chi connectivity index (χ0v) is 17.0. The average molecular weight is 429 g/mol. The molecule has 0 aliphatic carbocycles. The highest BCUT2D eigenvalue weighted by Gasteiger charge is 2.17. The number of carboxylic acids is 1. The topological polar surface area (TPSA) is 158 Å². The fourth-order valence-electron chi connectivity index (χ4n) is 2.59. The highest BCUT2D eigenvalue weighted by Crippen LogP contribution is 2.14. The highest BCUT2D eigenvalue weighted by molar-refractivity contribution is 7.80. The lowest BCUT2D eigenvalue weighted by molar-refractivity contribution is -0.138. The van der Waals surface area contributed by atoms with Gasteiger partial charge in [0.2, 0.25) is 0 Å². The Kier molecular flexibility index (Phi) is 11.6. The molecule has 1 rings (SSSR count). The molecule has 1 aromatic rings. The van der Waals surface area contributed by atoms with Crippen LogP contribution in [0.25, 0.3) is 0 Å². The quantitative estimate of drug-likeness (QED) is 0.154. The van der Waals surface area contributed by atoms with E-state index in [2.05, 4.69) is 10.6 Å². The predicted molar refractivity (Wildman–Crippen MR) is 113 cm³/mol. The van der Waals surface area contributed by atoms with Crippen LogP contribution in [0.4, 0.5) is 5.69 Å². The van der Waals surface area contributed by atoms with E-state index >= 15 is 0 Å². The van der Waals surface area contributed by atoms with Gasteiger partial charge in [0.25, 0.3) is 0 Å². The van der Waals surface area contributed by atoms with Crippen molar-refractivity contribution in [3.8, 4) is 0 Å². The van der Waals surface area contributed by atoms with Gasteiger partial charge in [-0.25, -0.2) is 0 Å². The van der Waals surface area contributed by atoms with Gasteiger partial charge in [-0.3, -0.25) is 14.6 Å². The first-order valence-corrected chi connectivity index (χ1v) is 9.29. The van der Waals surface area contributed by atoms with E-state index in [9.17, 15) is 15.2 Å². The summed E-state index contributed by atoms with van der Waals surface area (Å²) in [5.74, 6) is -1.11. The van der Waals surface area contributed by atoms with Crippen LogP contribution in [0.15, 0.2) is 24.3 Å². The minimum Gasteiger partial charge on any atom is -0.797 e. The summed E-state index contributed by atoms with van der Waals surface area (Å²) in [5.41, 5.74) is 1.47. The van der Waals surface area contributed by atoms with E-state index in [0.717, 1.165) is 11.3 Å². The maximum Gasteiger partial charge on any atom is 0.317 e. The summed E-state index contributed by atoms with van der Waals surface area (Å²) in [6, 6.07) is 6.00. The Labute approximate surface area is 174 Å². The highest BCUT2D eigenvalue weighted by atomic mass is 32.1. The van der Waals surface area contributed by atoms with Crippen LogP contribution < -0.4 is 10.6 Å². The number of benzene rings is 1. The second-order valence-corrected chi connectivity index (χ2v) is 6.76. The molecule has 1 atom stereocenters. The summed E-state index contributed by atoms with van der Waals surface area (Å²) in [5, 5.41) is 56.1. The summed E-state index contributed by atoms with van der Waals surface area (Å²) in [7, 11) is 1.69. The number of carbonyl (C=O) groups is 1. The fraction of sp³-hybridized carbons (Fsp3) is 0.529. The zero-order chi connectivity index (χ0) is 21.8. The molecule has 12 heteroatoms. The Hall–Kier alpha value is -1.90. The SMILES string of the molecule is CNC(=S)Nc1ccc(CC(CN(CCN(CO)CO)CC(=O)O)N([O-])[O-])cc1. The minimum atomic E-state index is -1.11. The van der Waals surface area contributed by atoms with Crippen LogP contribution in [-0.2, 0) is 11.2 Å². The Balaban J connectivity index is 2.77. The molecule has 0 heterocycles. The average Bonchev–Trinajstić information content (AvgIpc) is 2.68. The van der Waals surface area contributed by atoms with Crippen LogP contribution in [0.2, 0.25) is 0 Å². The second kappa shape index (κ2) is 13.3. The Morgan fingerprint density at radius 2 is 1.72 bits per heavy atom. The van der Waals surface area contributed by atoms with E-state index in [-0.39, 0.29) is 32.6 Å². The molecule has 0 saturated heterocycles. The Morgan fingerprint density at radius 3 is 2.21 bits per heavy atom. The van der Waals surface area contributed by atoms with Gasteiger partial charge in [-0.2, -0.15) is 0 Å². The van der Waals surface area contributed by atoms with Crippen LogP contribution in [0.1, 0.15) is 5.56 Å². The van der Waals surface area contributed by atoms with Crippen molar-refractivity contribution >= 4 is 29.0 Å². The number of hydroxylamine groups is 2. The molecule has 0 spiro atoms. The van der Waals surface area contributed by atoms with Gasteiger partial charge in [-0.05, 0) is 36.3 Å². The first-order valence-electron chi connectivity index (χ1n) is 8.88. The van der Waals surface area contributed by atoms with Gasteiger partial charge >= 0.3 is 5.97 Å². The van der Waals surface area contributed by atoms with E-state index in [4.69, 9.17) is 27.5 Å². The van der Waals surface area contributed by atoms with Crippen LogP contribution in [0, 0.1) is 10.4 Å². The summed E-state index contributed by atoms with van der Waals surface area (Å²) < 4.78 is 0. The number of carboxylic acid groups (broad SMARTS) is 1. The van der Waals surface area contributed by atoms with Gasteiger partial charge in [-0.15, -0.1) is 0 Å². The summed E-state index contributed by atoms with van der Waals surface area (Å²) in [6.45, 7) is -0.910. The maximum absolute atomic E-state index is 11.5. The van der Waals surface area contributed by atoms with Crippen LogP contribution in [-0.4, -0.2) is 94.2 Å². The number of anilines is 1. The van der Waals surface area contributed by atoms with E-state index < -0.39 is 30.7 Å². The molecule has 29 heavy (non-hydrogen) atoms. The molecule has 0 radical (unpaired) electrons. The Morgan fingerprint density at radius 1 is 1.14 bits per heavy atom. The maximum atomic E-state index is 11.5. The molecular formula is C17H27N5O6S-2. The van der Waals surface area contributed by atoms with Crippen molar-refractivity contribution in [1.82, 2.24) is 20.3 Å². The van der Waals surface area contributed by atoms with Crippen molar-refractivity contribution < 1.29 is 20.1 Å². The lowest BCUT2D eigenvalue weighted by Gasteiger charge is -2.45. The van der Waals surface area contributed by atoms with Gasteiger partial charge in [-0.1, -0.05) is 12.1 Å². The molecule has 1 unspecified atom stereocenters. The standard InChI is InChI=1S/C17H27N5O6S/c1-18-17(29)19-14-4-2-13(3-5-14)8-15(22(27)28)9-20(10-16(25)26)6-7-21(11-23)12-24/h2-5,15,23-24H,6-12H2,1H3,(H,25,26)(H2,18,19,29)/q-2. The number of hydrogen-bond donors (Lipinski definition) is 5. The normalized spacial score (nSPS) is 12.4. The van der Waals surface area contributed by atoms with E-state index in [1.165, 1.54) is 9.80 Å². The molecule has 164 valence electrons. The molecule has 0 bridgehead atoms. The van der Waals surface area contributed by atoms with Crippen molar-refractivity contribution in [2.75, 3.05) is 52.0 Å². The minimum absolute atomic E-state index is 0.0756. The molecule has 11 nitrogen and oxygen atoms in total. The summed E-state index contributed by atoms with van der Waals surface area (Å²) >= 11 is 5.02. The third kappa shape index (κ3) is 9.92. The third-order valence-electron chi connectivity index (χ3n) is 4.17. The number of aliphatic carboxylic acids is 1. The predicted octanol–water partition coefficient (Wildman–Crippen LogP) is -0.600. The zero-order valence-electron chi connectivity index (χ0n) is 16.2. The lowest BCUT2D eigenvalue weighted by Crippen LogP contribution is -2.45. The largest absolute Gasteiger partial charge is 0.797 e. The molecular weight excluding hydrogens is 402 g/mol. The van der Waals surface area contributed by atoms with E-state index in [1.54, 1.807) is 31.3 Å². The van der Waals surface area contributed by atoms with Crippen LogP contribution in [0.5, 0.6) is 0 Å². The second-order valence-electron chi connectivity index (χ2n) is 6.35. The molecule has 0 aliphatic rings. The van der Waals surface area contributed by atoms with Gasteiger partial charge in [0, 0.05) is 38.4 Å². The van der Waals surface area contributed by atoms with Crippen LogP contribution >= 0.6 is 12.2 Å². The Bertz CT molecular complexity index is 629. The van der Waals surface area contributed by atoms with Gasteiger partial charge in [0.1, 0.15) is 0 Å². The lowest BCUT2D eigenvalue weighted by atomic mass is 10.1. The molecule has 0 fully saturated rings. The van der Waals surface area contributed by atoms with E-state index in [1.807, 2.05) is 0 Å². The number of hydrogen-bond acceptors (Lipinski definition) is 9. The monoisotopic (exact) mass is 429 g/mol. The number of thiocarbonyl (C=S) groups is 1. The van der Waals surface area contributed by atoms with Gasteiger partial charge < -0.3 is 41.6 Å². The molecule has 0 saturated carbocycles. The van der Waals surface area contributed by atoms with Crippen molar-refractivity contribution in [3.05, 3.63) is 40.2 Å². The first kappa shape index (κ1) is 25.1. The van der Waals surface area contributed by atoms with E-state index in [0.29, 0.717) is 5.11 Å². The molecule has 0 aliphatic heterocycles. The van der Waals surface area contributed by atoms with Crippen LogP contribution in [0.3, 0.4) is 0 Å². The fourth-order valence-corrected chi connectivity index (χ4v) is 2.71. The third-order valence-corrected chi connectivity index (χ3v) is 4.47. The van der Waals surface area contributed by atoms with Crippen molar-refractivity contribution in [2.45, 2.75) is 12.5 Å². The summed E-state index contributed by atoms with van der Waals surface area (Å²) in [6.07, 6.45) is 0.129. The number of aliphatic hydroxyl groups is 2. The van der Waals surface area contributed by atoms with Gasteiger partial charge in [0.05, 0.1) is 20.0 Å². The summed E-state index contributed by atoms with van der Waals surface area (Å²) in [4.78, 5) is 13.8. The van der Waals surface area contributed by atoms with Crippen molar-refractivity contribution in [1.29, 1.82) is 0 Å². The van der Waals surface area contributed by atoms with Gasteiger partial charge in [0.15, 0.2) is 5.11 Å². The number of rotatable bonds is 13. The molecule has 5 N–H and O–H groups in total. The molecule has 0 amide bonds. The molecule has 0 aromatic heterocycles. The smallest absolute Gasteiger partial charge is 0.317 e. The number of nitrogens with one attached hydrogen (secondary N) is 2. The van der Waals surface area contributed by atoms with Crippen molar-refractivity contribution in [3.63, 3.8) is 0 Å². The van der Waals surface area contributed by atoms with Crippen molar-refractivity contribution in [2.24, 2.45) is 0 Å². The first-order chi connectivity index (χ1) is 13.8.